The van der Waals surface area contributed by atoms with E-state index in [1.165, 1.54) is 12.8 Å². The van der Waals surface area contributed by atoms with Crippen molar-refractivity contribution in [1.29, 1.82) is 0 Å². The van der Waals surface area contributed by atoms with E-state index in [-0.39, 0.29) is 29.8 Å². The van der Waals surface area contributed by atoms with Crippen molar-refractivity contribution < 1.29 is 17.7 Å². The van der Waals surface area contributed by atoms with E-state index >= 15 is 0 Å². The summed E-state index contributed by atoms with van der Waals surface area (Å²) in [5.74, 6) is 1.22. The van der Waals surface area contributed by atoms with Gasteiger partial charge in [0, 0.05) is 36.7 Å². The first-order chi connectivity index (χ1) is 14.0. The van der Waals surface area contributed by atoms with Crippen LogP contribution in [0.3, 0.4) is 0 Å². The van der Waals surface area contributed by atoms with Crippen LogP contribution in [0.2, 0.25) is 0 Å². The van der Waals surface area contributed by atoms with Crippen LogP contribution >= 0.6 is 0 Å². The van der Waals surface area contributed by atoms with E-state index in [0.29, 0.717) is 31.0 Å². The molecule has 0 radical (unpaired) electrons. The second-order valence-corrected chi connectivity index (χ2v) is 11.1. The molecule has 5 rings (SSSR count). The number of nitrogens with one attached hydrogen (secondary N) is 1. The van der Waals surface area contributed by atoms with E-state index in [4.69, 9.17) is 4.52 Å². The zero-order valence-electron chi connectivity index (χ0n) is 16.8. The highest BCUT2D eigenvalue weighted by Gasteiger charge is 2.47. The van der Waals surface area contributed by atoms with Crippen LogP contribution < -0.4 is 5.32 Å². The summed E-state index contributed by atoms with van der Waals surface area (Å²) >= 11 is 0. The molecule has 2 bridgehead atoms. The third-order valence-corrected chi connectivity index (χ3v) is 8.86. The first-order valence-electron chi connectivity index (χ1n) is 11.0. The third kappa shape index (κ3) is 4.09. The molecule has 8 nitrogen and oxygen atoms in total. The predicted octanol–water partition coefficient (Wildman–Crippen LogP) is 1.70. The van der Waals surface area contributed by atoms with Crippen LogP contribution in [-0.4, -0.2) is 72.2 Å². The Morgan fingerprint density at radius 3 is 2.48 bits per heavy atom. The van der Waals surface area contributed by atoms with E-state index in [1.54, 1.807) is 10.4 Å². The number of carbonyl (C=O) groups is 1. The fraction of sp³-hybridized carbons (Fsp3) is 0.800. The normalized spacial score (nSPS) is 30.7. The van der Waals surface area contributed by atoms with Crippen LogP contribution in [-0.2, 0) is 10.0 Å². The van der Waals surface area contributed by atoms with E-state index < -0.39 is 10.0 Å². The first-order valence-corrected chi connectivity index (χ1v) is 12.6. The smallest absolute Gasteiger partial charge is 0.273 e. The number of amides is 1. The maximum absolute atomic E-state index is 13.0. The Labute approximate surface area is 172 Å². The molecular weight excluding hydrogens is 392 g/mol. The molecule has 1 saturated carbocycles. The lowest BCUT2D eigenvalue weighted by molar-refractivity contribution is 0.0900. The lowest BCUT2D eigenvalue weighted by atomic mass is 9.99. The van der Waals surface area contributed by atoms with Crippen LogP contribution in [0.25, 0.3) is 0 Å². The Balaban J connectivity index is 1.18. The number of likely N-dealkylation sites (tertiary alicyclic amines) is 1. The second-order valence-electron chi connectivity index (χ2n) is 9.11. The van der Waals surface area contributed by atoms with Gasteiger partial charge >= 0.3 is 0 Å². The zero-order chi connectivity index (χ0) is 20.0. The minimum atomic E-state index is -3.26. The van der Waals surface area contributed by atoms with Gasteiger partial charge in [-0.2, -0.15) is 4.31 Å². The molecule has 4 heterocycles. The van der Waals surface area contributed by atoms with E-state index in [2.05, 4.69) is 15.4 Å². The van der Waals surface area contributed by atoms with Crippen molar-refractivity contribution in [1.82, 2.24) is 19.7 Å². The van der Waals surface area contributed by atoms with Gasteiger partial charge in [0.1, 0.15) is 5.76 Å². The number of hydrogen-bond donors (Lipinski definition) is 1. The monoisotopic (exact) mass is 422 g/mol. The highest BCUT2D eigenvalue weighted by atomic mass is 32.2. The van der Waals surface area contributed by atoms with Gasteiger partial charge in [0.15, 0.2) is 5.69 Å². The zero-order valence-corrected chi connectivity index (χ0v) is 17.6. The molecule has 4 fully saturated rings. The van der Waals surface area contributed by atoms with Crippen LogP contribution in [0.4, 0.5) is 0 Å². The summed E-state index contributed by atoms with van der Waals surface area (Å²) in [5.41, 5.74) is 0.333. The summed E-state index contributed by atoms with van der Waals surface area (Å²) < 4.78 is 33.1. The Bertz CT molecular complexity index is 846. The molecule has 1 aliphatic carbocycles. The Hall–Kier alpha value is -1.45. The number of nitrogens with zero attached hydrogens (tertiary/aromatic N) is 3. The molecule has 1 unspecified atom stereocenters. The predicted molar refractivity (Wildman–Crippen MR) is 107 cm³/mol. The summed E-state index contributed by atoms with van der Waals surface area (Å²) in [6.07, 6.45) is 7.67. The molecule has 3 atom stereocenters. The molecule has 1 aromatic rings. The number of rotatable bonds is 7. The number of piperidine rings is 1. The number of fused-ring (bicyclic) bond motifs is 2. The molecule has 0 aromatic carbocycles. The van der Waals surface area contributed by atoms with Crippen LogP contribution in [0.1, 0.15) is 73.5 Å². The maximum atomic E-state index is 13.0. The summed E-state index contributed by atoms with van der Waals surface area (Å²) in [5, 5.41) is 6.98. The average molecular weight is 423 g/mol. The molecule has 1 amide bonds. The molecule has 1 aromatic heterocycles. The number of carbonyl (C=O) groups excluding carboxylic acids is 1. The lowest BCUT2D eigenvalue weighted by Gasteiger charge is -2.38. The first kappa shape index (κ1) is 19.5. The SMILES string of the molecule is O=C(NC1C[C@H]2CC[C@@H](C1)N2S(=O)(=O)CCN1CCCC1)c1cc(C2CC2)on1. The van der Waals surface area contributed by atoms with E-state index in [1.807, 2.05) is 0 Å². The van der Waals surface area contributed by atoms with Gasteiger partial charge in [0.2, 0.25) is 10.0 Å². The minimum absolute atomic E-state index is 0.00182. The van der Waals surface area contributed by atoms with Crippen molar-refractivity contribution >= 4 is 15.9 Å². The summed E-state index contributed by atoms with van der Waals surface area (Å²) in [6, 6.07) is 1.74. The quantitative estimate of drug-likeness (QED) is 0.719. The van der Waals surface area contributed by atoms with Crippen molar-refractivity contribution in [2.75, 3.05) is 25.4 Å². The molecule has 4 aliphatic rings. The molecule has 3 saturated heterocycles. The Morgan fingerprint density at radius 2 is 1.83 bits per heavy atom. The number of aromatic nitrogens is 1. The van der Waals surface area contributed by atoms with Crippen LogP contribution in [0.15, 0.2) is 10.6 Å². The Morgan fingerprint density at radius 1 is 1.14 bits per heavy atom. The number of hydrogen-bond acceptors (Lipinski definition) is 6. The lowest BCUT2D eigenvalue weighted by Crippen LogP contribution is -2.53. The fourth-order valence-corrected chi connectivity index (χ4v) is 7.27. The standard InChI is InChI=1S/C20H30N4O4S/c25-20(18-13-19(28-22-18)14-3-4-14)21-15-11-16-5-6-17(12-15)24(16)29(26,27)10-9-23-7-1-2-8-23/h13-17H,1-12H2,(H,21,25)/t15?,16-,17+. The van der Waals surface area contributed by atoms with Gasteiger partial charge in [-0.15, -0.1) is 0 Å². The van der Waals surface area contributed by atoms with Crippen molar-refractivity contribution in [2.24, 2.45) is 0 Å². The maximum Gasteiger partial charge on any atom is 0.273 e. The summed E-state index contributed by atoms with van der Waals surface area (Å²) in [7, 11) is -3.26. The van der Waals surface area contributed by atoms with Gasteiger partial charge in [-0.1, -0.05) is 5.16 Å². The minimum Gasteiger partial charge on any atom is -0.360 e. The van der Waals surface area contributed by atoms with E-state index in [9.17, 15) is 13.2 Å². The molecular formula is C20H30N4O4S. The summed E-state index contributed by atoms with van der Waals surface area (Å²) in [4.78, 5) is 14.8. The van der Waals surface area contributed by atoms with Gasteiger partial charge in [-0.3, -0.25) is 4.79 Å². The van der Waals surface area contributed by atoms with Gasteiger partial charge in [-0.25, -0.2) is 8.42 Å². The molecule has 29 heavy (non-hydrogen) atoms. The van der Waals surface area contributed by atoms with Crippen molar-refractivity contribution in [3.05, 3.63) is 17.5 Å². The fourth-order valence-electron chi connectivity index (χ4n) is 5.28. The molecule has 160 valence electrons. The molecule has 0 spiro atoms. The summed E-state index contributed by atoms with van der Waals surface area (Å²) in [6.45, 7) is 2.66. The molecule has 1 N–H and O–H groups in total. The molecule has 3 aliphatic heterocycles. The topological polar surface area (TPSA) is 95.8 Å². The van der Waals surface area contributed by atoms with Crippen molar-refractivity contribution in [2.45, 2.75) is 75.4 Å². The van der Waals surface area contributed by atoms with Gasteiger partial charge in [0.05, 0.1) is 5.75 Å². The van der Waals surface area contributed by atoms with Gasteiger partial charge in [-0.05, 0) is 64.5 Å². The third-order valence-electron chi connectivity index (χ3n) is 6.93. The Kier molecular flexibility index (Phi) is 5.16. The van der Waals surface area contributed by atoms with Crippen LogP contribution in [0, 0.1) is 0 Å². The van der Waals surface area contributed by atoms with Gasteiger partial charge in [0.25, 0.3) is 5.91 Å². The van der Waals surface area contributed by atoms with Crippen molar-refractivity contribution in [3.8, 4) is 0 Å². The number of sulfonamides is 1. The highest BCUT2D eigenvalue weighted by Crippen LogP contribution is 2.40. The highest BCUT2D eigenvalue weighted by molar-refractivity contribution is 7.89. The van der Waals surface area contributed by atoms with E-state index in [0.717, 1.165) is 44.5 Å². The van der Waals surface area contributed by atoms with Gasteiger partial charge < -0.3 is 14.7 Å². The van der Waals surface area contributed by atoms with Crippen molar-refractivity contribution in [3.63, 3.8) is 0 Å². The second kappa shape index (κ2) is 7.67. The molecule has 9 heteroatoms. The largest absolute Gasteiger partial charge is 0.360 e. The average Bonchev–Trinajstić information content (AvgIpc) is 3.10. The van der Waals surface area contributed by atoms with Crippen LogP contribution in [0.5, 0.6) is 0 Å².